The van der Waals surface area contributed by atoms with Crippen molar-refractivity contribution in [2.45, 2.75) is 12.8 Å². The van der Waals surface area contributed by atoms with E-state index in [-0.39, 0.29) is 0 Å². The highest BCUT2D eigenvalue weighted by Gasteiger charge is 2.16. The number of halogens is 1. The molecule has 0 aliphatic carbocycles. The van der Waals surface area contributed by atoms with Crippen LogP contribution in [0.3, 0.4) is 0 Å². The van der Waals surface area contributed by atoms with Gasteiger partial charge >= 0.3 is 0 Å². The minimum absolute atomic E-state index is 0.411. The largest absolute Gasteiger partial charge is 0.493 e. The van der Waals surface area contributed by atoms with E-state index >= 15 is 0 Å². The normalized spacial score (nSPS) is 16.1. The molecular weight excluding hydrogens is 292 g/mol. The number of nitrogens with zero attached hydrogens (tertiary/aromatic N) is 2. The molecule has 21 heavy (non-hydrogen) atoms. The first-order valence-corrected chi connectivity index (χ1v) is 7.34. The number of hydrogen-bond donors (Lipinski definition) is 0. The Labute approximate surface area is 128 Å². The average molecular weight is 309 g/mol. The van der Waals surface area contributed by atoms with E-state index in [2.05, 4.69) is 9.97 Å². The Bertz CT molecular complexity index is 630. The van der Waals surface area contributed by atoms with E-state index in [1.165, 1.54) is 6.33 Å². The summed E-state index contributed by atoms with van der Waals surface area (Å²) in [5, 5.41) is 1.17. The first-order valence-electron chi connectivity index (χ1n) is 6.96. The fourth-order valence-corrected chi connectivity index (χ4v) is 2.62. The van der Waals surface area contributed by atoms with Crippen molar-refractivity contribution in [1.29, 1.82) is 0 Å². The van der Waals surface area contributed by atoms with Gasteiger partial charge in [-0.05, 0) is 24.8 Å². The molecule has 0 amide bonds. The van der Waals surface area contributed by atoms with Gasteiger partial charge in [-0.25, -0.2) is 9.97 Å². The van der Waals surface area contributed by atoms with Crippen LogP contribution in [0.5, 0.6) is 11.5 Å². The Balaban J connectivity index is 1.83. The number of ether oxygens (including phenoxy) is 3. The molecule has 112 valence electrons. The second-order valence-corrected chi connectivity index (χ2v) is 5.41. The third-order valence-corrected chi connectivity index (χ3v) is 3.99. The molecule has 0 bridgehead atoms. The third kappa shape index (κ3) is 3.19. The van der Waals surface area contributed by atoms with E-state index in [9.17, 15) is 0 Å². The van der Waals surface area contributed by atoms with Crippen molar-refractivity contribution in [3.8, 4) is 11.5 Å². The first-order chi connectivity index (χ1) is 10.3. The van der Waals surface area contributed by atoms with E-state index in [1.807, 2.05) is 12.1 Å². The molecule has 1 aromatic heterocycles. The number of aromatic nitrogens is 2. The molecule has 1 aromatic carbocycles. The van der Waals surface area contributed by atoms with E-state index < -0.39 is 0 Å². The van der Waals surface area contributed by atoms with E-state index in [4.69, 9.17) is 25.8 Å². The molecule has 3 rings (SSSR count). The highest BCUT2D eigenvalue weighted by atomic mass is 35.5. The Hall–Kier alpha value is -1.59. The molecule has 0 radical (unpaired) electrons. The molecule has 1 saturated heterocycles. The molecule has 0 atom stereocenters. The lowest BCUT2D eigenvalue weighted by Gasteiger charge is -2.22. The summed E-state index contributed by atoms with van der Waals surface area (Å²) in [4.78, 5) is 8.20. The van der Waals surface area contributed by atoms with Gasteiger partial charge in [0.2, 0.25) is 0 Å². The summed E-state index contributed by atoms with van der Waals surface area (Å²) < 4.78 is 16.7. The van der Waals surface area contributed by atoms with Crippen molar-refractivity contribution in [3.05, 3.63) is 23.6 Å². The van der Waals surface area contributed by atoms with Gasteiger partial charge in [0.25, 0.3) is 0 Å². The van der Waals surface area contributed by atoms with Crippen molar-refractivity contribution >= 4 is 22.5 Å². The maximum absolute atomic E-state index is 6.08. The van der Waals surface area contributed by atoms with Crippen LogP contribution in [-0.2, 0) is 4.74 Å². The Morgan fingerprint density at radius 1 is 1.24 bits per heavy atom. The lowest BCUT2D eigenvalue weighted by atomic mass is 10.0. The first kappa shape index (κ1) is 14.4. The van der Waals surface area contributed by atoms with Crippen molar-refractivity contribution in [2.24, 2.45) is 5.92 Å². The van der Waals surface area contributed by atoms with Crippen LogP contribution in [0.25, 0.3) is 10.9 Å². The summed E-state index contributed by atoms with van der Waals surface area (Å²) in [5.41, 5.74) is 0.748. The zero-order chi connectivity index (χ0) is 14.7. The predicted octanol–water partition coefficient (Wildman–Crippen LogP) is 3.10. The SMILES string of the molecule is COc1cc2c(Cl)ncnc2cc1OCC1CCOCC1. The summed E-state index contributed by atoms with van der Waals surface area (Å²) in [6.07, 6.45) is 3.51. The molecule has 0 spiro atoms. The second-order valence-electron chi connectivity index (χ2n) is 5.05. The smallest absolute Gasteiger partial charge is 0.163 e. The van der Waals surface area contributed by atoms with E-state index in [0.717, 1.165) is 37.0 Å². The van der Waals surface area contributed by atoms with Crippen LogP contribution in [0.4, 0.5) is 0 Å². The Morgan fingerprint density at radius 3 is 2.81 bits per heavy atom. The van der Waals surface area contributed by atoms with Crippen LogP contribution >= 0.6 is 11.6 Å². The fourth-order valence-electron chi connectivity index (χ4n) is 2.43. The molecule has 2 heterocycles. The molecule has 0 saturated carbocycles. The van der Waals surface area contributed by atoms with Crippen LogP contribution in [0.2, 0.25) is 5.15 Å². The fraction of sp³-hybridized carbons (Fsp3) is 0.467. The number of fused-ring (bicyclic) bond motifs is 1. The number of benzene rings is 1. The number of hydrogen-bond acceptors (Lipinski definition) is 5. The van der Waals surface area contributed by atoms with Crippen LogP contribution < -0.4 is 9.47 Å². The summed E-state index contributed by atoms with van der Waals surface area (Å²) in [6, 6.07) is 3.66. The van der Waals surface area contributed by atoms with Gasteiger partial charge in [-0.2, -0.15) is 0 Å². The van der Waals surface area contributed by atoms with Crippen LogP contribution in [0.15, 0.2) is 18.5 Å². The van der Waals surface area contributed by atoms with Crippen LogP contribution in [-0.4, -0.2) is 36.9 Å². The molecule has 5 nitrogen and oxygen atoms in total. The topological polar surface area (TPSA) is 53.5 Å². The molecule has 1 aliphatic rings. The minimum Gasteiger partial charge on any atom is -0.493 e. The van der Waals surface area contributed by atoms with Crippen molar-refractivity contribution in [3.63, 3.8) is 0 Å². The van der Waals surface area contributed by atoms with Crippen molar-refractivity contribution in [2.75, 3.05) is 26.9 Å². The highest BCUT2D eigenvalue weighted by Crippen LogP contribution is 2.34. The Kier molecular flexibility index (Phi) is 4.41. The summed E-state index contributed by atoms with van der Waals surface area (Å²) in [6.45, 7) is 2.28. The minimum atomic E-state index is 0.411. The third-order valence-electron chi connectivity index (χ3n) is 3.69. The number of methoxy groups -OCH3 is 1. The van der Waals surface area contributed by atoms with Gasteiger partial charge < -0.3 is 14.2 Å². The summed E-state index contributed by atoms with van der Waals surface area (Å²) in [5.74, 6) is 1.85. The zero-order valence-electron chi connectivity index (χ0n) is 11.8. The van der Waals surface area contributed by atoms with Crippen LogP contribution in [0, 0.1) is 5.92 Å². The van der Waals surface area contributed by atoms with Crippen LogP contribution in [0.1, 0.15) is 12.8 Å². The van der Waals surface area contributed by atoms with Gasteiger partial charge in [-0.1, -0.05) is 11.6 Å². The van der Waals surface area contributed by atoms with Gasteiger partial charge in [0.1, 0.15) is 11.5 Å². The second kappa shape index (κ2) is 6.45. The van der Waals surface area contributed by atoms with Crippen molar-refractivity contribution in [1.82, 2.24) is 9.97 Å². The molecule has 0 N–H and O–H groups in total. The Morgan fingerprint density at radius 2 is 2.05 bits per heavy atom. The molecule has 1 fully saturated rings. The predicted molar refractivity (Wildman–Crippen MR) is 80.1 cm³/mol. The van der Waals surface area contributed by atoms with Gasteiger partial charge in [0.15, 0.2) is 11.5 Å². The lowest BCUT2D eigenvalue weighted by molar-refractivity contribution is 0.0494. The highest BCUT2D eigenvalue weighted by molar-refractivity contribution is 6.34. The van der Waals surface area contributed by atoms with E-state index in [1.54, 1.807) is 7.11 Å². The molecule has 6 heteroatoms. The quantitative estimate of drug-likeness (QED) is 0.812. The van der Waals surface area contributed by atoms with Gasteiger partial charge in [0, 0.05) is 24.7 Å². The molecule has 0 unspecified atom stereocenters. The lowest BCUT2D eigenvalue weighted by Crippen LogP contribution is -2.21. The summed E-state index contributed by atoms with van der Waals surface area (Å²) >= 11 is 6.08. The molecule has 1 aliphatic heterocycles. The van der Waals surface area contributed by atoms with Gasteiger partial charge in [-0.15, -0.1) is 0 Å². The number of rotatable bonds is 4. The van der Waals surface area contributed by atoms with Gasteiger partial charge in [0.05, 0.1) is 19.2 Å². The van der Waals surface area contributed by atoms with Crippen molar-refractivity contribution < 1.29 is 14.2 Å². The zero-order valence-corrected chi connectivity index (χ0v) is 12.6. The molecule has 2 aromatic rings. The maximum atomic E-state index is 6.08. The summed E-state index contributed by atoms with van der Waals surface area (Å²) in [7, 11) is 1.61. The average Bonchev–Trinajstić information content (AvgIpc) is 2.53. The van der Waals surface area contributed by atoms with E-state index in [0.29, 0.717) is 29.2 Å². The maximum Gasteiger partial charge on any atom is 0.163 e. The molecular formula is C15H17ClN2O3. The monoisotopic (exact) mass is 308 g/mol. The van der Waals surface area contributed by atoms with Gasteiger partial charge in [-0.3, -0.25) is 0 Å². The standard InChI is InChI=1S/C15H17ClN2O3/c1-19-13-6-11-12(17-9-18-15(11)16)7-14(13)21-8-10-2-4-20-5-3-10/h6-7,9-10H,2-5,8H2,1H3.